The summed E-state index contributed by atoms with van der Waals surface area (Å²) in [6.45, 7) is 0.780. The van der Waals surface area contributed by atoms with Gasteiger partial charge in [-0.15, -0.1) is 11.8 Å². The molecular weight excluding hydrogens is 204 g/mol. The predicted octanol–water partition coefficient (Wildman–Crippen LogP) is 3.12. The van der Waals surface area contributed by atoms with E-state index in [0.29, 0.717) is 0 Å². The fourth-order valence-corrected chi connectivity index (χ4v) is 1.87. The Morgan fingerprint density at radius 2 is 2.07 bits per heavy atom. The molecule has 0 atom stereocenters. The lowest BCUT2D eigenvalue weighted by Crippen LogP contribution is -2.13. The summed E-state index contributed by atoms with van der Waals surface area (Å²) in [5.41, 5.74) is 1.03. The summed E-state index contributed by atoms with van der Waals surface area (Å²) in [5, 5.41) is 12.2. The average Bonchev–Trinajstić information content (AvgIpc) is 3.08. The van der Waals surface area contributed by atoms with E-state index in [1.54, 1.807) is 11.8 Å². The van der Waals surface area contributed by atoms with E-state index in [-0.39, 0.29) is 5.41 Å². The molecule has 3 heteroatoms. The molecule has 0 aliphatic heterocycles. The molecular formula is C12H14N2S. The molecule has 15 heavy (non-hydrogen) atoms. The van der Waals surface area contributed by atoms with E-state index in [1.165, 1.54) is 4.90 Å². The Kier molecular flexibility index (Phi) is 2.88. The van der Waals surface area contributed by atoms with Crippen LogP contribution < -0.4 is 5.32 Å². The minimum atomic E-state index is -0.0713. The molecule has 1 saturated carbocycles. The monoisotopic (exact) mass is 218 g/mol. The van der Waals surface area contributed by atoms with Gasteiger partial charge in [0.2, 0.25) is 0 Å². The minimum absolute atomic E-state index is 0.0713. The molecule has 0 heterocycles. The van der Waals surface area contributed by atoms with Gasteiger partial charge in [0.15, 0.2) is 0 Å². The second kappa shape index (κ2) is 4.16. The van der Waals surface area contributed by atoms with Gasteiger partial charge < -0.3 is 5.32 Å². The van der Waals surface area contributed by atoms with Gasteiger partial charge in [0, 0.05) is 17.1 Å². The van der Waals surface area contributed by atoms with Crippen molar-refractivity contribution in [2.24, 2.45) is 5.41 Å². The first-order chi connectivity index (χ1) is 7.28. The van der Waals surface area contributed by atoms with Crippen molar-refractivity contribution in [3.05, 3.63) is 24.3 Å². The Labute approximate surface area is 94.7 Å². The Morgan fingerprint density at radius 1 is 1.40 bits per heavy atom. The lowest BCUT2D eigenvalue weighted by molar-refractivity contribution is 0.711. The van der Waals surface area contributed by atoms with Crippen molar-refractivity contribution in [3.8, 4) is 6.07 Å². The Bertz CT molecular complexity index is 374. The molecule has 1 aromatic carbocycles. The molecule has 0 spiro atoms. The van der Waals surface area contributed by atoms with Crippen LogP contribution in [0.1, 0.15) is 12.8 Å². The molecule has 1 N–H and O–H groups in total. The quantitative estimate of drug-likeness (QED) is 0.789. The van der Waals surface area contributed by atoms with Crippen LogP contribution in [-0.4, -0.2) is 12.8 Å². The third-order valence-electron chi connectivity index (χ3n) is 2.81. The van der Waals surface area contributed by atoms with Crippen LogP contribution in [0.4, 0.5) is 5.69 Å². The van der Waals surface area contributed by atoms with Crippen LogP contribution in [-0.2, 0) is 0 Å². The molecule has 1 aliphatic rings. The largest absolute Gasteiger partial charge is 0.383 e. The smallest absolute Gasteiger partial charge is 0.0747 e. The van der Waals surface area contributed by atoms with Crippen molar-refractivity contribution in [2.45, 2.75) is 17.7 Å². The number of nitrogens with zero attached hydrogens (tertiary/aromatic N) is 1. The lowest BCUT2D eigenvalue weighted by atomic mass is 10.1. The van der Waals surface area contributed by atoms with E-state index in [0.717, 1.165) is 25.1 Å². The van der Waals surface area contributed by atoms with E-state index >= 15 is 0 Å². The molecule has 0 bridgehead atoms. The number of hydrogen-bond acceptors (Lipinski definition) is 3. The topological polar surface area (TPSA) is 35.8 Å². The van der Waals surface area contributed by atoms with Crippen LogP contribution >= 0.6 is 11.8 Å². The second-order valence-electron chi connectivity index (χ2n) is 3.97. The van der Waals surface area contributed by atoms with Gasteiger partial charge in [0.05, 0.1) is 11.5 Å². The van der Waals surface area contributed by atoms with Gasteiger partial charge >= 0.3 is 0 Å². The SMILES string of the molecule is CSc1ccc(NCC2(C#N)CC2)cc1. The highest BCUT2D eigenvalue weighted by Crippen LogP contribution is 2.44. The summed E-state index contributed by atoms with van der Waals surface area (Å²) >= 11 is 1.74. The summed E-state index contributed by atoms with van der Waals surface area (Å²) in [6, 6.07) is 10.7. The third kappa shape index (κ3) is 2.45. The molecule has 2 nitrogen and oxygen atoms in total. The van der Waals surface area contributed by atoms with Crippen molar-refractivity contribution in [2.75, 3.05) is 18.1 Å². The predicted molar refractivity (Wildman–Crippen MR) is 64.0 cm³/mol. The maximum absolute atomic E-state index is 8.92. The first-order valence-electron chi connectivity index (χ1n) is 5.07. The lowest BCUT2D eigenvalue weighted by Gasteiger charge is -2.09. The van der Waals surface area contributed by atoms with E-state index in [9.17, 15) is 0 Å². The van der Waals surface area contributed by atoms with E-state index in [1.807, 2.05) is 0 Å². The van der Waals surface area contributed by atoms with Gasteiger partial charge in [-0.2, -0.15) is 5.26 Å². The molecule has 0 aromatic heterocycles. The van der Waals surface area contributed by atoms with Crippen LogP contribution in [0, 0.1) is 16.7 Å². The molecule has 0 unspecified atom stereocenters. The van der Waals surface area contributed by atoms with Crippen LogP contribution in [0.25, 0.3) is 0 Å². The highest BCUT2D eigenvalue weighted by atomic mass is 32.2. The Balaban J connectivity index is 1.91. The number of benzene rings is 1. The van der Waals surface area contributed by atoms with E-state index < -0.39 is 0 Å². The highest BCUT2D eigenvalue weighted by molar-refractivity contribution is 7.98. The molecule has 78 valence electrons. The second-order valence-corrected chi connectivity index (χ2v) is 4.85. The van der Waals surface area contributed by atoms with Gasteiger partial charge in [-0.3, -0.25) is 0 Å². The molecule has 1 fully saturated rings. The molecule has 1 aliphatic carbocycles. The van der Waals surface area contributed by atoms with Gasteiger partial charge in [-0.25, -0.2) is 0 Å². The zero-order valence-corrected chi connectivity index (χ0v) is 9.60. The molecule has 1 aromatic rings. The zero-order chi connectivity index (χ0) is 10.7. The van der Waals surface area contributed by atoms with Crippen molar-refractivity contribution in [1.29, 1.82) is 5.26 Å². The van der Waals surface area contributed by atoms with Crippen molar-refractivity contribution in [1.82, 2.24) is 0 Å². The van der Waals surface area contributed by atoms with Gasteiger partial charge in [-0.1, -0.05) is 0 Å². The first kappa shape index (κ1) is 10.4. The summed E-state index contributed by atoms with van der Waals surface area (Å²) in [6.07, 6.45) is 4.15. The van der Waals surface area contributed by atoms with Crippen molar-refractivity contribution >= 4 is 17.4 Å². The van der Waals surface area contributed by atoms with Crippen molar-refractivity contribution < 1.29 is 0 Å². The highest BCUT2D eigenvalue weighted by Gasteiger charge is 2.42. The number of hydrogen-bond donors (Lipinski definition) is 1. The summed E-state index contributed by atoms with van der Waals surface area (Å²) in [4.78, 5) is 1.27. The third-order valence-corrected chi connectivity index (χ3v) is 3.56. The normalized spacial score (nSPS) is 16.8. The van der Waals surface area contributed by atoms with Crippen molar-refractivity contribution in [3.63, 3.8) is 0 Å². The Hall–Kier alpha value is -1.14. The molecule has 0 amide bonds. The molecule has 0 radical (unpaired) electrons. The molecule has 2 rings (SSSR count). The number of nitriles is 1. The maximum atomic E-state index is 8.92. The standard InChI is InChI=1S/C12H14N2S/c1-15-11-4-2-10(3-5-11)14-9-12(8-13)6-7-12/h2-5,14H,6-7,9H2,1H3. The number of rotatable bonds is 4. The summed E-state index contributed by atoms with van der Waals surface area (Å²) < 4.78 is 0. The van der Waals surface area contributed by atoms with E-state index in [2.05, 4.69) is 41.9 Å². The zero-order valence-electron chi connectivity index (χ0n) is 8.79. The van der Waals surface area contributed by atoms with E-state index in [4.69, 9.17) is 5.26 Å². The van der Waals surface area contributed by atoms with Gasteiger partial charge in [0.25, 0.3) is 0 Å². The fraction of sp³-hybridized carbons (Fsp3) is 0.417. The van der Waals surface area contributed by atoms with Crippen LogP contribution in [0.5, 0.6) is 0 Å². The van der Waals surface area contributed by atoms with Crippen LogP contribution in [0.3, 0.4) is 0 Å². The first-order valence-corrected chi connectivity index (χ1v) is 6.30. The van der Waals surface area contributed by atoms with Crippen LogP contribution in [0.15, 0.2) is 29.2 Å². The maximum Gasteiger partial charge on any atom is 0.0747 e. The average molecular weight is 218 g/mol. The number of anilines is 1. The summed E-state index contributed by atoms with van der Waals surface area (Å²) in [5.74, 6) is 0. The number of thioether (sulfide) groups is 1. The fourth-order valence-electron chi connectivity index (χ4n) is 1.46. The number of nitrogens with one attached hydrogen (secondary N) is 1. The summed E-state index contributed by atoms with van der Waals surface area (Å²) in [7, 11) is 0. The minimum Gasteiger partial charge on any atom is -0.383 e. The van der Waals surface area contributed by atoms with Gasteiger partial charge in [0.1, 0.15) is 0 Å². The molecule has 0 saturated heterocycles. The van der Waals surface area contributed by atoms with Gasteiger partial charge in [-0.05, 0) is 43.4 Å². The Morgan fingerprint density at radius 3 is 2.53 bits per heavy atom. The van der Waals surface area contributed by atoms with Crippen LogP contribution in [0.2, 0.25) is 0 Å².